The molecule has 0 radical (unpaired) electrons. The van der Waals surface area contributed by atoms with Gasteiger partial charge in [0, 0.05) is 17.9 Å². The molecular formula is C14H25NO2. The zero-order chi connectivity index (χ0) is 12.9. The highest BCUT2D eigenvalue weighted by Crippen LogP contribution is 2.46. The number of ketones is 1. The molecule has 2 saturated heterocycles. The molecule has 2 rings (SSSR count). The normalized spacial score (nSPS) is 39.5. The van der Waals surface area contributed by atoms with Gasteiger partial charge in [-0.3, -0.25) is 4.79 Å². The van der Waals surface area contributed by atoms with Crippen molar-refractivity contribution < 1.29 is 9.53 Å². The van der Waals surface area contributed by atoms with Crippen molar-refractivity contribution in [3.63, 3.8) is 0 Å². The van der Waals surface area contributed by atoms with Crippen molar-refractivity contribution in [2.24, 2.45) is 11.3 Å². The molecule has 0 aromatic heterocycles. The van der Waals surface area contributed by atoms with Crippen LogP contribution in [0.15, 0.2) is 0 Å². The Balaban J connectivity index is 2.20. The van der Waals surface area contributed by atoms with Crippen molar-refractivity contribution in [3.8, 4) is 0 Å². The predicted molar refractivity (Wildman–Crippen MR) is 68.0 cm³/mol. The fourth-order valence-corrected chi connectivity index (χ4v) is 3.42. The van der Waals surface area contributed by atoms with Crippen molar-refractivity contribution in [3.05, 3.63) is 0 Å². The molecule has 0 spiro atoms. The predicted octanol–water partition coefficient (Wildman–Crippen LogP) is 2.15. The molecule has 2 heterocycles. The summed E-state index contributed by atoms with van der Waals surface area (Å²) in [6.07, 6.45) is 1.80. The van der Waals surface area contributed by atoms with E-state index < -0.39 is 0 Å². The van der Waals surface area contributed by atoms with Crippen LogP contribution in [0.2, 0.25) is 0 Å². The largest absolute Gasteiger partial charge is 0.369 e. The lowest BCUT2D eigenvalue weighted by Gasteiger charge is -2.31. The average molecular weight is 239 g/mol. The van der Waals surface area contributed by atoms with E-state index in [9.17, 15) is 4.79 Å². The molecule has 0 bridgehead atoms. The molecule has 0 amide bonds. The van der Waals surface area contributed by atoms with Crippen LogP contribution in [-0.4, -0.2) is 30.1 Å². The quantitative estimate of drug-likeness (QED) is 0.802. The van der Waals surface area contributed by atoms with Gasteiger partial charge < -0.3 is 10.1 Å². The third-order valence-electron chi connectivity index (χ3n) is 4.35. The fraction of sp³-hybridized carbons (Fsp3) is 0.929. The summed E-state index contributed by atoms with van der Waals surface area (Å²) in [5.41, 5.74) is -0.690. The van der Waals surface area contributed by atoms with Crippen LogP contribution in [-0.2, 0) is 9.53 Å². The highest BCUT2D eigenvalue weighted by atomic mass is 16.5. The van der Waals surface area contributed by atoms with Crippen molar-refractivity contribution in [2.75, 3.05) is 13.1 Å². The fourth-order valence-electron chi connectivity index (χ4n) is 3.42. The van der Waals surface area contributed by atoms with Crippen LogP contribution in [0.25, 0.3) is 0 Å². The minimum absolute atomic E-state index is 0.0300. The van der Waals surface area contributed by atoms with Gasteiger partial charge in [0.25, 0.3) is 0 Å². The molecule has 2 atom stereocenters. The molecule has 3 heteroatoms. The van der Waals surface area contributed by atoms with E-state index in [2.05, 4.69) is 39.9 Å². The average Bonchev–Trinajstić information content (AvgIpc) is 2.67. The van der Waals surface area contributed by atoms with E-state index in [-0.39, 0.29) is 22.5 Å². The van der Waals surface area contributed by atoms with Gasteiger partial charge in [-0.05, 0) is 47.1 Å². The molecule has 1 N–H and O–H groups in total. The number of nitrogens with one attached hydrogen (secondary N) is 1. The van der Waals surface area contributed by atoms with Crippen molar-refractivity contribution in [2.45, 2.75) is 58.7 Å². The van der Waals surface area contributed by atoms with Crippen LogP contribution < -0.4 is 5.32 Å². The summed E-state index contributed by atoms with van der Waals surface area (Å²) in [6, 6.07) is 0. The van der Waals surface area contributed by atoms with Crippen LogP contribution in [0.1, 0.15) is 47.5 Å². The second kappa shape index (κ2) is 3.79. The Morgan fingerprint density at radius 3 is 2.29 bits per heavy atom. The number of carbonyl (C=O) groups excluding carboxylic acids is 1. The van der Waals surface area contributed by atoms with Gasteiger partial charge in [-0.15, -0.1) is 0 Å². The number of hydrogen-bond donors (Lipinski definition) is 1. The number of carbonyl (C=O) groups is 1. The number of Topliss-reactive ketones (excluding diaryl/α,β-unsaturated/α-hetero) is 1. The zero-order valence-corrected chi connectivity index (χ0v) is 11.7. The maximum absolute atomic E-state index is 12.8. The first-order chi connectivity index (χ1) is 7.66. The van der Waals surface area contributed by atoms with Crippen LogP contribution in [0.3, 0.4) is 0 Å². The lowest BCUT2D eigenvalue weighted by Crippen LogP contribution is -2.42. The van der Waals surface area contributed by atoms with Gasteiger partial charge >= 0.3 is 0 Å². The first-order valence-corrected chi connectivity index (χ1v) is 6.62. The molecule has 17 heavy (non-hydrogen) atoms. The maximum atomic E-state index is 12.8. The summed E-state index contributed by atoms with van der Waals surface area (Å²) < 4.78 is 6.03. The van der Waals surface area contributed by atoms with E-state index in [0.29, 0.717) is 5.78 Å². The second-order valence-electron chi connectivity index (χ2n) is 7.07. The Kier molecular flexibility index (Phi) is 2.91. The lowest BCUT2D eigenvalue weighted by molar-refractivity contribution is -0.137. The monoisotopic (exact) mass is 239 g/mol. The Labute approximate surface area is 104 Å². The molecule has 98 valence electrons. The van der Waals surface area contributed by atoms with Gasteiger partial charge in [0.2, 0.25) is 0 Å². The molecule has 0 aromatic rings. The SMILES string of the molecule is CC1(C)CC(C(=O)C2(C)CCNC2)C(C)(C)O1. The van der Waals surface area contributed by atoms with Crippen LogP contribution in [0.5, 0.6) is 0 Å². The lowest BCUT2D eigenvalue weighted by atomic mass is 9.72. The molecule has 2 unspecified atom stereocenters. The molecule has 2 aliphatic heterocycles. The van der Waals surface area contributed by atoms with Gasteiger partial charge in [-0.1, -0.05) is 6.92 Å². The van der Waals surface area contributed by atoms with Crippen molar-refractivity contribution >= 4 is 5.78 Å². The number of hydrogen-bond acceptors (Lipinski definition) is 3. The Bertz CT molecular complexity index is 327. The summed E-state index contributed by atoms with van der Waals surface area (Å²) in [5, 5.41) is 3.30. The number of rotatable bonds is 2. The smallest absolute Gasteiger partial charge is 0.146 e. The summed E-state index contributed by atoms with van der Waals surface area (Å²) >= 11 is 0. The highest BCUT2D eigenvalue weighted by Gasteiger charge is 2.53. The van der Waals surface area contributed by atoms with E-state index in [0.717, 1.165) is 25.9 Å². The second-order valence-corrected chi connectivity index (χ2v) is 7.07. The first kappa shape index (κ1) is 13.0. The molecule has 0 saturated carbocycles. The minimum Gasteiger partial charge on any atom is -0.369 e. The Morgan fingerprint density at radius 2 is 1.88 bits per heavy atom. The highest BCUT2D eigenvalue weighted by molar-refractivity contribution is 5.88. The van der Waals surface area contributed by atoms with Crippen molar-refractivity contribution in [1.29, 1.82) is 0 Å². The van der Waals surface area contributed by atoms with E-state index in [1.165, 1.54) is 0 Å². The Hall–Kier alpha value is -0.410. The Morgan fingerprint density at radius 1 is 1.24 bits per heavy atom. The summed E-state index contributed by atoms with van der Waals surface area (Å²) in [4.78, 5) is 12.8. The molecule has 3 nitrogen and oxygen atoms in total. The third-order valence-corrected chi connectivity index (χ3v) is 4.35. The van der Waals surface area contributed by atoms with Gasteiger partial charge in [-0.25, -0.2) is 0 Å². The van der Waals surface area contributed by atoms with Crippen LogP contribution in [0, 0.1) is 11.3 Å². The van der Waals surface area contributed by atoms with Gasteiger partial charge in [0.05, 0.1) is 11.2 Å². The van der Waals surface area contributed by atoms with E-state index in [4.69, 9.17) is 4.74 Å². The van der Waals surface area contributed by atoms with Gasteiger partial charge in [-0.2, -0.15) is 0 Å². The van der Waals surface area contributed by atoms with Gasteiger partial charge in [0.1, 0.15) is 5.78 Å². The molecule has 2 fully saturated rings. The summed E-state index contributed by atoms with van der Waals surface area (Å²) in [6.45, 7) is 12.1. The number of ether oxygens (including phenoxy) is 1. The summed E-state index contributed by atoms with van der Waals surface area (Å²) in [7, 11) is 0. The standard InChI is InChI=1S/C14H25NO2/c1-12(2)8-10(13(3,4)17-12)11(16)14(5)6-7-15-9-14/h10,15H,6-9H2,1-5H3. The van der Waals surface area contributed by atoms with E-state index in [1.807, 2.05) is 0 Å². The molecule has 2 aliphatic rings. The van der Waals surface area contributed by atoms with Crippen LogP contribution in [0.4, 0.5) is 0 Å². The molecular weight excluding hydrogens is 214 g/mol. The topological polar surface area (TPSA) is 38.3 Å². The minimum atomic E-state index is -0.327. The maximum Gasteiger partial charge on any atom is 0.146 e. The van der Waals surface area contributed by atoms with Crippen molar-refractivity contribution in [1.82, 2.24) is 5.32 Å². The third kappa shape index (κ3) is 2.27. The van der Waals surface area contributed by atoms with Crippen LogP contribution >= 0.6 is 0 Å². The molecule has 0 aliphatic carbocycles. The summed E-state index contributed by atoms with van der Waals surface area (Å²) in [5.74, 6) is 0.417. The van der Waals surface area contributed by atoms with Gasteiger partial charge in [0.15, 0.2) is 0 Å². The van der Waals surface area contributed by atoms with E-state index >= 15 is 0 Å². The first-order valence-electron chi connectivity index (χ1n) is 6.62. The zero-order valence-electron chi connectivity index (χ0n) is 11.7. The molecule has 0 aromatic carbocycles. The van der Waals surface area contributed by atoms with E-state index in [1.54, 1.807) is 0 Å².